The number of likely N-dealkylation sites (tertiary alicyclic amines) is 1. The molecule has 2 atom stereocenters. The Balaban J connectivity index is 0.998. The fraction of sp³-hybridized carbons (Fsp3) is 0.222. The van der Waals surface area contributed by atoms with E-state index < -0.39 is 6.03 Å². The second-order valence-electron chi connectivity index (χ2n) is 13.1. The third kappa shape index (κ3) is 3.10. The molecule has 1 saturated carbocycles. The summed E-state index contributed by atoms with van der Waals surface area (Å²) >= 11 is 0. The number of nitrogens with two attached hydrogens (primary N) is 1. The molecule has 2 aliphatic carbocycles. The van der Waals surface area contributed by atoms with Gasteiger partial charge in [-0.25, -0.2) is 4.79 Å². The summed E-state index contributed by atoms with van der Waals surface area (Å²) in [4.78, 5) is 65.0. The van der Waals surface area contributed by atoms with E-state index in [0.717, 1.165) is 67.6 Å². The van der Waals surface area contributed by atoms with Crippen molar-refractivity contribution >= 4 is 56.8 Å². The van der Waals surface area contributed by atoms with Gasteiger partial charge in [-0.2, -0.15) is 0 Å². The van der Waals surface area contributed by atoms with Gasteiger partial charge in [-0.1, -0.05) is 24.3 Å². The standard InChI is InChI=1S/C36H28N6O4/c37-35(46)41-12-9-19-22-13-27(39-25(22)5-7-28(19)41)34(45)40-11-10-21-29(40)8-6-26-32(21)23(16-38-26)33(44)42-17-18-15-36(18)24-4-2-1-3-20(24)30(43)14-31(36)42/h1-8,13-14,16,18,38-39H,9-12,15,17H2,(H2,37,46). The van der Waals surface area contributed by atoms with Crippen LogP contribution in [-0.2, 0) is 18.3 Å². The summed E-state index contributed by atoms with van der Waals surface area (Å²) < 4.78 is 0. The van der Waals surface area contributed by atoms with Gasteiger partial charge >= 0.3 is 6.03 Å². The molecule has 5 aromatic rings. The van der Waals surface area contributed by atoms with Crippen LogP contribution in [0.3, 0.4) is 0 Å². The predicted molar refractivity (Wildman–Crippen MR) is 172 cm³/mol. The summed E-state index contributed by atoms with van der Waals surface area (Å²) in [6.07, 6.45) is 5.68. The molecule has 5 heterocycles. The normalized spacial score (nSPS) is 22.1. The molecule has 2 unspecified atom stereocenters. The Morgan fingerprint density at radius 3 is 2.48 bits per heavy atom. The Morgan fingerprint density at radius 1 is 0.870 bits per heavy atom. The van der Waals surface area contributed by atoms with Crippen LogP contribution in [-0.4, -0.2) is 58.1 Å². The summed E-state index contributed by atoms with van der Waals surface area (Å²) in [6, 6.07) is 16.8. The number of aromatic amines is 2. The van der Waals surface area contributed by atoms with Crippen LogP contribution in [0.25, 0.3) is 21.8 Å². The summed E-state index contributed by atoms with van der Waals surface area (Å²) in [7, 11) is 0. The largest absolute Gasteiger partial charge is 0.360 e. The Morgan fingerprint density at radius 2 is 1.63 bits per heavy atom. The van der Waals surface area contributed by atoms with Gasteiger partial charge in [0.05, 0.1) is 5.56 Å². The predicted octanol–water partition coefficient (Wildman–Crippen LogP) is 4.79. The average molecular weight is 609 g/mol. The van der Waals surface area contributed by atoms with Gasteiger partial charge < -0.3 is 25.5 Å². The lowest BCUT2D eigenvalue weighted by Crippen LogP contribution is -2.33. The number of H-pyrrole nitrogens is 2. The van der Waals surface area contributed by atoms with Crippen LogP contribution in [0.15, 0.2) is 72.6 Å². The van der Waals surface area contributed by atoms with Crippen LogP contribution in [0, 0.1) is 5.92 Å². The Labute approximate surface area is 262 Å². The minimum atomic E-state index is -0.483. The third-order valence-corrected chi connectivity index (χ3v) is 11.0. The van der Waals surface area contributed by atoms with Gasteiger partial charge in [0.25, 0.3) is 11.8 Å². The van der Waals surface area contributed by atoms with E-state index in [9.17, 15) is 19.2 Å². The number of ketones is 1. The number of allylic oxidation sites excluding steroid dienone is 2. The lowest BCUT2D eigenvalue weighted by atomic mass is 9.81. The summed E-state index contributed by atoms with van der Waals surface area (Å²) in [6.45, 7) is 1.59. The minimum Gasteiger partial charge on any atom is -0.360 e. The van der Waals surface area contributed by atoms with Gasteiger partial charge in [0.2, 0.25) is 0 Å². The molecule has 226 valence electrons. The van der Waals surface area contributed by atoms with Crippen molar-refractivity contribution in [2.75, 3.05) is 29.4 Å². The van der Waals surface area contributed by atoms with E-state index in [1.54, 1.807) is 22.1 Å². The number of benzene rings is 3. The second kappa shape index (κ2) is 8.54. The zero-order valence-corrected chi connectivity index (χ0v) is 24.7. The first-order valence-electron chi connectivity index (χ1n) is 15.7. The van der Waals surface area contributed by atoms with E-state index >= 15 is 0 Å². The molecular formula is C36H28N6O4. The van der Waals surface area contributed by atoms with Gasteiger partial charge in [-0.3, -0.25) is 19.3 Å². The fourth-order valence-electron chi connectivity index (χ4n) is 8.84. The quantitative estimate of drug-likeness (QED) is 0.266. The van der Waals surface area contributed by atoms with E-state index in [2.05, 4.69) is 9.97 Å². The maximum absolute atomic E-state index is 14.3. The van der Waals surface area contributed by atoms with Gasteiger partial charge in [-0.15, -0.1) is 0 Å². The fourth-order valence-corrected chi connectivity index (χ4v) is 8.84. The Bertz CT molecular complexity index is 2310. The lowest BCUT2D eigenvalue weighted by molar-refractivity contribution is 0.0812. The Kier molecular flexibility index (Phi) is 4.76. The average Bonchev–Trinajstić information content (AvgIpc) is 3.68. The highest BCUT2D eigenvalue weighted by Gasteiger charge is 2.67. The van der Waals surface area contributed by atoms with Gasteiger partial charge in [0.1, 0.15) is 5.69 Å². The lowest BCUT2D eigenvalue weighted by Gasteiger charge is -2.29. The van der Waals surface area contributed by atoms with Gasteiger partial charge in [0, 0.05) is 81.8 Å². The molecule has 1 saturated heterocycles. The first-order chi connectivity index (χ1) is 22.3. The molecule has 2 aromatic heterocycles. The maximum atomic E-state index is 14.3. The van der Waals surface area contributed by atoms with E-state index in [0.29, 0.717) is 49.7 Å². The molecule has 10 nitrogen and oxygen atoms in total. The number of urea groups is 1. The molecule has 3 aromatic carbocycles. The molecule has 2 fully saturated rings. The van der Waals surface area contributed by atoms with Crippen molar-refractivity contribution in [3.63, 3.8) is 0 Å². The molecule has 10 rings (SSSR count). The number of primary amides is 1. The highest BCUT2D eigenvalue weighted by Crippen LogP contribution is 2.66. The number of nitrogens with zero attached hydrogens (tertiary/aromatic N) is 3. The van der Waals surface area contributed by atoms with Crippen LogP contribution < -0.4 is 15.5 Å². The maximum Gasteiger partial charge on any atom is 0.319 e. The highest BCUT2D eigenvalue weighted by molar-refractivity contribution is 6.15. The van der Waals surface area contributed by atoms with Crippen LogP contribution in [0.5, 0.6) is 0 Å². The molecule has 10 heteroatoms. The first-order valence-corrected chi connectivity index (χ1v) is 15.7. The third-order valence-electron chi connectivity index (χ3n) is 11.0. The second-order valence-corrected chi connectivity index (χ2v) is 13.1. The number of rotatable bonds is 2. The van der Waals surface area contributed by atoms with E-state index in [1.807, 2.05) is 59.5 Å². The van der Waals surface area contributed by atoms with Crippen LogP contribution >= 0.6 is 0 Å². The minimum absolute atomic E-state index is 0.0531. The number of hydrogen-bond donors (Lipinski definition) is 3. The number of anilines is 2. The van der Waals surface area contributed by atoms with Crippen molar-refractivity contribution in [2.45, 2.75) is 24.7 Å². The van der Waals surface area contributed by atoms with Crippen molar-refractivity contribution < 1.29 is 19.2 Å². The summed E-state index contributed by atoms with van der Waals surface area (Å²) in [5.74, 6) is -0.0219. The van der Waals surface area contributed by atoms with E-state index in [4.69, 9.17) is 5.73 Å². The monoisotopic (exact) mass is 608 g/mol. The van der Waals surface area contributed by atoms with Gasteiger partial charge in [0.15, 0.2) is 5.78 Å². The molecule has 4 amide bonds. The molecule has 5 aliphatic rings. The zero-order valence-electron chi connectivity index (χ0n) is 24.7. The summed E-state index contributed by atoms with van der Waals surface area (Å²) in [5, 5.41) is 1.74. The van der Waals surface area contributed by atoms with Crippen LogP contribution in [0.2, 0.25) is 0 Å². The first kappa shape index (κ1) is 25.7. The number of hydrogen-bond acceptors (Lipinski definition) is 4. The molecule has 0 bridgehead atoms. The number of carbonyl (C=O) groups excluding carboxylic acids is 4. The van der Waals surface area contributed by atoms with Crippen LogP contribution in [0.4, 0.5) is 16.2 Å². The molecule has 46 heavy (non-hydrogen) atoms. The zero-order chi connectivity index (χ0) is 31.1. The molecule has 0 radical (unpaired) electrons. The number of piperidine rings is 1. The van der Waals surface area contributed by atoms with Crippen molar-refractivity contribution in [2.24, 2.45) is 11.7 Å². The molecular weight excluding hydrogens is 580 g/mol. The number of carbonyl (C=O) groups is 4. The molecule has 1 spiro atoms. The smallest absolute Gasteiger partial charge is 0.319 e. The molecule has 4 N–H and O–H groups in total. The van der Waals surface area contributed by atoms with E-state index in [1.165, 1.54) is 0 Å². The number of fused-ring (bicyclic) bond motifs is 7. The number of nitrogens with one attached hydrogen (secondary N) is 2. The van der Waals surface area contributed by atoms with Crippen molar-refractivity contribution in [1.82, 2.24) is 14.9 Å². The SMILES string of the molecule is NC(=O)N1CCc2c1ccc1[nH]c(C(=O)N3CCc4c3ccc3[nH]cc(C(=O)N5CC6CC67C5=CC(=O)c5ccccc57)c43)cc21. The van der Waals surface area contributed by atoms with Crippen LogP contribution in [0.1, 0.15) is 54.3 Å². The van der Waals surface area contributed by atoms with Crippen molar-refractivity contribution in [1.29, 1.82) is 0 Å². The Hall–Kier alpha value is -5.64. The highest BCUT2D eigenvalue weighted by atomic mass is 16.2. The number of aromatic nitrogens is 2. The topological polar surface area (TPSA) is 136 Å². The summed E-state index contributed by atoms with van der Waals surface area (Å²) in [5.41, 5.74) is 14.2. The molecule has 3 aliphatic heterocycles. The van der Waals surface area contributed by atoms with Crippen molar-refractivity contribution in [3.05, 3.63) is 106 Å². The number of amides is 4. The van der Waals surface area contributed by atoms with Crippen molar-refractivity contribution in [3.8, 4) is 0 Å². The van der Waals surface area contributed by atoms with E-state index in [-0.39, 0.29) is 23.0 Å². The van der Waals surface area contributed by atoms with Gasteiger partial charge in [-0.05, 0) is 72.2 Å².